The molecule has 1 N–H and O–H groups in total. The molecule has 0 aliphatic carbocycles. The van der Waals surface area contributed by atoms with E-state index in [9.17, 15) is 18.0 Å². The van der Waals surface area contributed by atoms with E-state index in [1.54, 1.807) is 29.1 Å². The Hall–Kier alpha value is -3.11. The minimum absolute atomic E-state index is 0.0761. The van der Waals surface area contributed by atoms with Gasteiger partial charge in [0.25, 0.3) is 5.91 Å². The molecular formula is C19H13Cl2F3N6O. The molecule has 0 unspecified atom stereocenters. The number of carbonyl (C=O) groups excluding carboxylic acids is 1. The number of hydrogen-bond acceptors (Lipinski definition) is 4. The molecule has 0 radical (unpaired) electrons. The standard InChI is InChI=1S/C19H13Cl2F3N6O/c1-10-4-16(19(22,23)24)30-17(26-10)6-15(28-30)18(31)27-12-7-25-29(9-12)8-11-2-3-13(20)14(21)5-11/h2-7,9H,8H2,1H3,(H,27,31). The van der Waals surface area contributed by atoms with E-state index in [4.69, 9.17) is 23.2 Å². The molecule has 160 valence electrons. The van der Waals surface area contributed by atoms with Gasteiger partial charge in [-0.05, 0) is 30.7 Å². The Morgan fingerprint density at radius 1 is 1.16 bits per heavy atom. The molecule has 0 fully saturated rings. The summed E-state index contributed by atoms with van der Waals surface area (Å²) >= 11 is 11.9. The van der Waals surface area contributed by atoms with Crippen molar-refractivity contribution in [2.45, 2.75) is 19.6 Å². The van der Waals surface area contributed by atoms with Crippen molar-refractivity contribution in [1.29, 1.82) is 0 Å². The van der Waals surface area contributed by atoms with Crippen molar-refractivity contribution >= 4 is 40.4 Å². The predicted octanol–water partition coefficient (Wildman–Crippen LogP) is 4.86. The zero-order chi connectivity index (χ0) is 22.3. The molecule has 31 heavy (non-hydrogen) atoms. The SMILES string of the molecule is Cc1cc(C(F)(F)F)n2nc(C(=O)Nc3cnn(Cc4ccc(Cl)c(Cl)c4)c3)cc2n1. The summed E-state index contributed by atoms with van der Waals surface area (Å²) in [5.74, 6) is -0.689. The number of aryl methyl sites for hydroxylation is 1. The van der Waals surface area contributed by atoms with Crippen LogP contribution in [0.4, 0.5) is 18.9 Å². The Bertz CT molecular complexity index is 1300. The zero-order valence-electron chi connectivity index (χ0n) is 15.8. The van der Waals surface area contributed by atoms with Gasteiger partial charge in [-0.15, -0.1) is 0 Å². The third kappa shape index (κ3) is 4.49. The molecule has 0 aliphatic rings. The summed E-state index contributed by atoms with van der Waals surface area (Å²) in [7, 11) is 0. The number of alkyl halides is 3. The molecule has 3 aromatic heterocycles. The minimum atomic E-state index is -4.64. The Morgan fingerprint density at radius 3 is 2.65 bits per heavy atom. The van der Waals surface area contributed by atoms with E-state index in [2.05, 4.69) is 20.5 Å². The predicted molar refractivity (Wildman–Crippen MR) is 108 cm³/mol. The van der Waals surface area contributed by atoms with E-state index in [1.165, 1.54) is 19.2 Å². The molecule has 7 nitrogen and oxygen atoms in total. The van der Waals surface area contributed by atoms with Crippen LogP contribution >= 0.6 is 23.2 Å². The highest BCUT2D eigenvalue weighted by Gasteiger charge is 2.35. The van der Waals surface area contributed by atoms with Gasteiger partial charge in [-0.3, -0.25) is 9.48 Å². The van der Waals surface area contributed by atoms with Gasteiger partial charge < -0.3 is 5.32 Å². The zero-order valence-corrected chi connectivity index (χ0v) is 17.3. The Morgan fingerprint density at radius 2 is 1.94 bits per heavy atom. The van der Waals surface area contributed by atoms with E-state index in [0.29, 0.717) is 26.8 Å². The number of rotatable bonds is 4. The molecule has 0 saturated carbocycles. The first-order valence-electron chi connectivity index (χ1n) is 8.82. The van der Waals surface area contributed by atoms with Gasteiger partial charge in [0.1, 0.15) is 5.69 Å². The van der Waals surface area contributed by atoms with Crippen molar-refractivity contribution in [2.75, 3.05) is 5.32 Å². The Labute approximate surface area is 183 Å². The largest absolute Gasteiger partial charge is 0.433 e. The van der Waals surface area contributed by atoms with Gasteiger partial charge in [0.2, 0.25) is 0 Å². The lowest BCUT2D eigenvalue weighted by Gasteiger charge is -2.09. The molecular weight excluding hydrogens is 456 g/mol. The smallest absolute Gasteiger partial charge is 0.318 e. The van der Waals surface area contributed by atoms with Crippen LogP contribution in [0.5, 0.6) is 0 Å². The minimum Gasteiger partial charge on any atom is -0.318 e. The molecule has 12 heteroatoms. The van der Waals surface area contributed by atoms with Crippen molar-refractivity contribution in [3.63, 3.8) is 0 Å². The second-order valence-corrected chi connectivity index (χ2v) is 7.52. The third-order valence-electron chi connectivity index (χ3n) is 4.30. The second kappa shape index (κ2) is 7.86. The van der Waals surface area contributed by atoms with Crippen molar-refractivity contribution in [3.05, 3.63) is 75.4 Å². The molecule has 3 heterocycles. The van der Waals surface area contributed by atoms with Crippen LogP contribution in [-0.2, 0) is 12.7 Å². The molecule has 1 aromatic carbocycles. The van der Waals surface area contributed by atoms with Gasteiger partial charge in [0.05, 0.1) is 28.5 Å². The number of carbonyl (C=O) groups is 1. The topological polar surface area (TPSA) is 77.1 Å². The van der Waals surface area contributed by atoms with Crippen LogP contribution < -0.4 is 5.32 Å². The number of hydrogen-bond donors (Lipinski definition) is 1. The van der Waals surface area contributed by atoms with Crippen LogP contribution in [0.2, 0.25) is 10.0 Å². The normalized spacial score (nSPS) is 11.8. The highest BCUT2D eigenvalue weighted by molar-refractivity contribution is 6.42. The summed E-state index contributed by atoms with van der Waals surface area (Å²) < 4.78 is 42.0. The van der Waals surface area contributed by atoms with E-state index in [1.807, 2.05) is 0 Å². The molecule has 0 bridgehead atoms. The summed E-state index contributed by atoms with van der Waals surface area (Å²) in [6.07, 6.45) is -1.66. The molecule has 0 saturated heterocycles. The number of nitrogens with one attached hydrogen (secondary N) is 1. The third-order valence-corrected chi connectivity index (χ3v) is 5.04. The van der Waals surface area contributed by atoms with Crippen LogP contribution in [-0.4, -0.2) is 30.3 Å². The van der Waals surface area contributed by atoms with Crippen LogP contribution in [0.15, 0.2) is 42.7 Å². The van der Waals surface area contributed by atoms with Gasteiger partial charge in [0, 0.05) is 18.0 Å². The summed E-state index contributed by atoms with van der Waals surface area (Å²) in [5, 5.41) is 11.3. The van der Waals surface area contributed by atoms with E-state index in [-0.39, 0.29) is 17.0 Å². The van der Waals surface area contributed by atoms with Gasteiger partial charge in [-0.1, -0.05) is 29.3 Å². The number of halogens is 5. The van der Waals surface area contributed by atoms with E-state index >= 15 is 0 Å². The number of benzene rings is 1. The average molecular weight is 469 g/mol. The van der Waals surface area contributed by atoms with Crippen molar-refractivity contribution < 1.29 is 18.0 Å². The quantitative estimate of drug-likeness (QED) is 0.463. The van der Waals surface area contributed by atoms with Crippen LogP contribution in [0.1, 0.15) is 27.4 Å². The van der Waals surface area contributed by atoms with Crippen molar-refractivity contribution in [1.82, 2.24) is 24.4 Å². The summed E-state index contributed by atoms with van der Waals surface area (Å²) in [6.45, 7) is 1.81. The fourth-order valence-electron chi connectivity index (χ4n) is 2.95. The molecule has 0 atom stereocenters. The number of fused-ring (bicyclic) bond motifs is 1. The molecule has 1 amide bonds. The monoisotopic (exact) mass is 468 g/mol. The molecule has 4 rings (SSSR count). The van der Waals surface area contributed by atoms with Gasteiger partial charge in [-0.25, -0.2) is 9.50 Å². The highest BCUT2D eigenvalue weighted by atomic mass is 35.5. The van der Waals surface area contributed by atoms with Gasteiger partial charge in [0.15, 0.2) is 11.3 Å². The fraction of sp³-hybridized carbons (Fsp3) is 0.158. The maximum absolute atomic E-state index is 13.3. The van der Waals surface area contributed by atoms with E-state index in [0.717, 1.165) is 11.6 Å². The fourth-order valence-corrected chi connectivity index (χ4v) is 3.27. The number of nitrogens with zero attached hydrogens (tertiary/aromatic N) is 5. The Kier molecular flexibility index (Phi) is 5.36. The molecule has 0 spiro atoms. The number of aromatic nitrogens is 5. The van der Waals surface area contributed by atoms with Gasteiger partial charge >= 0.3 is 6.18 Å². The number of anilines is 1. The summed E-state index contributed by atoms with van der Waals surface area (Å²) in [5.41, 5.74) is 0.0616. The lowest BCUT2D eigenvalue weighted by Crippen LogP contribution is -2.15. The lowest BCUT2D eigenvalue weighted by molar-refractivity contribution is -0.142. The lowest BCUT2D eigenvalue weighted by atomic mass is 10.2. The van der Waals surface area contributed by atoms with Crippen LogP contribution in [0.3, 0.4) is 0 Å². The van der Waals surface area contributed by atoms with E-state index < -0.39 is 17.8 Å². The highest BCUT2D eigenvalue weighted by Crippen LogP contribution is 2.30. The summed E-state index contributed by atoms with van der Waals surface area (Å²) in [4.78, 5) is 16.5. The maximum atomic E-state index is 13.3. The molecule has 4 aromatic rings. The van der Waals surface area contributed by atoms with Crippen LogP contribution in [0.25, 0.3) is 5.65 Å². The molecule has 0 aliphatic heterocycles. The van der Waals surface area contributed by atoms with Crippen molar-refractivity contribution in [2.24, 2.45) is 0 Å². The van der Waals surface area contributed by atoms with Crippen molar-refractivity contribution in [3.8, 4) is 0 Å². The van der Waals surface area contributed by atoms with Crippen LogP contribution in [0, 0.1) is 6.92 Å². The number of amides is 1. The maximum Gasteiger partial charge on any atom is 0.433 e. The first kappa shape index (κ1) is 21.1. The van der Waals surface area contributed by atoms with Gasteiger partial charge in [-0.2, -0.15) is 23.4 Å². The first-order valence-corrected chi connectivity index (χ1v) is 9.58. The Balaban J connectivity index is 1.53. The first-order chi connectivity index (χ1) is 14.6. The summed E-state index contributed by atoms with van der Waals surface area (Å²) in [6, 6.07) is 7.22. The second-order valence-electron chi connectivity index (χ2n) is 6.71. The average Bonchev–Trinajstić information content (AvgIpc) is 3.30.